The summed E-state index contributed by atoms with van der Waals surface area (Å²) in [6, 6.07) is 13.6. The van der Waals surface area contributed by atoms with Gasteiger partial charge in [-0.15, -0.1) is 0 Å². The van der Waals surface area contributed by atoms with Crippen molar-refractivity contribution >= 4 is 16.9 Å². The lowest BCUT2D eigenvalue weighted by Crippen LogP contribution is -2.32. The zero-order valence-corrected chi connectivity index (χ0v) is 15.9. The molecule has 0 aliphatic rings. The average molecular weight is 369 g/mol. The molecule has 1 amide bonds. The summed E-state index contributed by atoms with van der Waals surface area (Å²) in [5.41, 5.74) is 2.49. The van der Waals surface area contributed by atoms with Crippen molar-refractivity contribution in [1.82, 2.24) is 14.0 Å². The normalized spacial score (nSPS) is 12.3. The molecule has 2 aromatic carbocycles. The molecule has 0 spiro atoms. The number of halogens is 1. The van der Waals surface area contributed by atoms with Crippen LogP contribution in [0, 0.1) is 5.82 Å². The number of hydrogen-bond donors (Lipinski definition) is 0. The molecule has 0 saturated carbocycles. The zero-order chi connectivity index (χ0) is 19.6. The van der Waals surface area contributed by atoms with Crippen LogP contribution in [0.1, 0.15) is 31.9 Å². The number of imidazole rings is 1. The van der Waals surface area contributed by atoms with Gasteiger partial charge in [0.2, 0.25) is 5.91 Å². The Morgan fingerprint density at radius 2 is 1.67 bits per heavy atom. The Hall–Kier alpha value is -2.89. The summed E-state index contributed by atoms with van der Waals surface area (Å²) in [5.74, 6) is -0.362. The van der Waals surface area contributed by atoms with Gasteiger partial charge in [-0.2, -0.15) is 0 Å². The minimum absolute atomic E-state index is 0.0629. The van der Waals surface area contributed by atoms with Crippen molar-refractivity contribution in [2.24, 2.45) is 0 Å². The molecule has 3 aromatic rings. The van der Waals surface area contributed by atoms with Gasteiger partial charge in [0.15, 0.2) is 0 Å². The average Bonchev–Trinajstić information content (AvgIpc) is 2.96. The first-order valence-corrected chi connectivity index (χ1v) is 9.13. The third kappa shape index (κ3) is 3.65. The van der Waals surface area contributed by atoms with Crippen LogP contribution in [0.15, 0.2) is 53.3 Å². The molecule has 5 nitrogen and oxygen atoms in total. The van der Waals surface area contributed by atoms with Crippen LogP contribution in [0.3, 0.4) is 0 Å². The lowest BCUT2D eigenvalue weighted by molar-refractivity contribution is -0.132. The maximum Gasteiger partial charge on any atom is 0.329 e. The molecule has 1 aromatic heterocycles. The highest BCUT2D eigenvalue weighted by Crippen LogP contribution is 2.20. The minimum Gasteiger partial charge on any atom is -0.339 e. The summed E-state index contributed by atoms with van der Waals surface area (Å²) in [4.78, 5) is 26.9. The Morgan fingerprint density at radius 3 is 2.26 bits per heavy atom. The molecule has 0 saturated heterocycles. The Kier molecular flexibility index (Phi) is 5.44. The van der Waals surface area contributed by atoms with E-state index in [0.29, 0.717) is 13.1 Å². The van der Waals surface area contributed by atoms with Crippen molar-refractivity contribution in [2.45, 2.75) is 39.4 Å². The first-order chi connectivity index (χ1) is 12.9. The molecule has 142 valence electrons. The molecule has 3 rings (SSSR count). The predicted molar refractivity (Wildman–Crippen MR) is 104 cm³/mol. The van der Waals surface area contributed by atoms with Crippen molar-refractivity contribution in [3.05, 3.63) is 70.4 Å². The van der Waals surface area contributed by atoms with Crippen molar-refractivity contribution in [3.8, 4) is 0 Å². The number of rotatable bonds is 6. The summed E-state index contributed by atoms with van der Waals surface area (Å²) < 4.78 is 16.5. The van der Waals surface area contributed by atoms with Gasteiger partial charge in [0.25, 0.3) is 0 Å². The Labute approximate surface area is 157 Å². The molecule has 1 atom stereocenters. The molecule has 0 N–H and O–H groups in total. The Balaban J connectivity index is 1.76. The quantitative estimate of drug-likeness (QED) is 0.667. The molecular formula is C21H24FN3O2. The van der Waals surface area contributed by atoms with Gasteiger partial charge in [-0.25, -0.2) is 9.18 Å². The van der Waals surface area contributed by atoms with Gasteiger partial charge in [0, 0.05) is 26.6 Å². The van der Waals surface area contributed by atoms with E-state index in [1.54, 1.807) is 33.2 Å². The number of fused-ring (bicyclic) bond motifs is 1. The molecule has 0 bridgehead atoms. The SMILES string of the molecule is CCn1c(=O)n(CCC(=O)N(C)[C@@H](C)c2ccc(F)cc2)c2ccccc21. The van der Waals surface area contributed by atoms with Crippen molar-refractivity contribution in [1.29, 1.82) is 0 Å². The van der Waals surface area contributed by atoms with Gasteiger partial charge in [-0.05, 0) is 43.7 Å². The number of benzene rings is 2. The van der Waals surface area contributed by atoms with Gasteiger partial charge >= 0.3 is 5.69 Å². The second-order valence-electron chi connectivity index (χ2n) is 6.65. The fourth-order valence-corrected chi connectivity index (χ4v) is 3.36. The highest BCUT2D eigenvalue weighted by atomic mass is 19.1. The third-order valence-corrected chi connectivity index (χ3v) is 5.12. The van der Waals surface area contributed by atoms with Gasteiger partial charge in [0.1, 0.15) is 5.82 Å². The molecule has 6 heteroatoms. The Bertz CT molecular complexity index is 1000. The van der Waals surface area contributed by atoms with Crippen LogP contribution in [0.2, 0.25) is 0 Å². The summed E-state index contributed by atoms with van der Waals surface area (Å²) >= 11 is 0. The van der Waals surface area contributed by atoms with E-state index in [1.165, 1.54) is 12.1 Å². The number of para-hydroxylation sites is 2. The van der Waals surface area contributed by atoms with Gasteiger partial charge < -0.3 is 4.90 Å². The molecule has 0 radical (unpaired) electrons. The maximum absolute atomic E-state index is 13.1. The van der Waals surface area contributed by atoms with Gasteiger partial charge in [-0.1, -0.05) is 24.3 Å². The maximum atomic E-state index is 13.1. The van der Waals surface area contributed by atoms with E-state index in [4.69, 9.17) is 0 Å². The number of nitrogens with zero attached hydrogens (tertiary/aromatic N) is 3. The fourth-order valence-electron chi connectivity index (χ4n) is 3.36. The molecule has 27 heavy (non-hydrogen) atoms. The van der Waals surface area contributed by atoms with Crippen LogP contribution >= 0.6 is 0 Å². The van der Waals surface area contributed by atoms with Gasteiger partial charge in [-0.3, -0.25) is 13.9 Å². The van der Waals surface area contributed by atoms with E-state index < -0.39 is 0 Å². The molecule has 0 unspecified atom stereocenters. The number of aromatic nitrogens is 2. The van der Waals surface area contributed by atoms with E-state index in [1.807, 2.05) is 38.1 Å². The van der Waals surface area contributed by atoms with E-state index in [9.17, 15) is 14.0 Å². The summed E-state index contributed by atoms with van der Waals surface area (Å²) in [6.07, 6.45) is 0.222. The van der Waals surface area contributed by atoms with E-state index in [-0.39, 0.29) is 29.9 Å². The molecule has 0 aliphatic heterocycles. The van der Waals surface area contributed by atoms with Gasteiger partial charge in [0.05, 0.1) is 17.1 Å². The van der Waals surface area contributed by atoms with Crippen LogP contribution in [-0.2, 0) is 17.9 Å². The zero-order valence-electron chi connectivity index (χ0n) is 15.9. The number of hydrogen-bond acceptors (Lipinski definition) is 2. The fraction of sp³-hybridized carbons (Fsp3) is 0.333. The molecule has 0 aliphatic carbocycles. The number of amides is 1. The molecular weight excluding hydrogens is 345 g/mol. The van der Waals surface area contributed by atoms with Crippen molar-refractivity contribution in [2.75, 3.05) is 7.05 Å². The number of carbonyl (C=O) groups is 1. The monoisotopic (exact) mass is 369 g/mol. The first kappa shape index (κ1) is 18.9. The standard InChI is InChI=1S/C21H24FN3O2/c1-4-24-18-7-5-6-8-19(18)25(21(24)27)14-13-20(26)23(3)15(2)16-9-11-17(22)12-10-16/h5-12,15H,4,13-14H2,1-3H3/t15-/m0/s1. The Morgan fingerprint density at radius 1 is 1.07 bits per heavy atom. The molecule has 0 fully saturated rings. The van der Waals surface area contributed by atoms with Crippen molar-refractivity contribution in [3.63, 3.8) is 0 Å². The number of carbonyl (C=O) groups excluding carboxylic acids is 1. The third-order valence-electron chi connectivity index (χ3n) is 5.12. The summed E-state index contributed by atoms with van der Waals surface area (Å²) in [5, 5.41) is 0. The van der Waals surface area contributed by atoms with E-state index in [0.717, 1.165) is 16.6 Å². The lowest BCUT2D eigenvalue weighted by Gasteiger charge is -2.25. The van der Waals surface area contributed by atoms with Crippen LogP contribution in [0.4, 0.5) is 4.39 Å². The van der Waals surface area contributed by atoms with Crippen molar-refractivity contribution < 1.29 is 9.18 Å². The molecule has 1 heterocycles. The highest BCUT2D eigenvalue weighted by molar-refractivity contribution is 5.78. The lowest BCUT2D eigenvalue weighted by atomic mass is 10.1. The summed E-state index contributed by atoms with van der Waals surface area (Å²) in [6.45, 7) is 4.75. The second-order valence-corrected chi connectivity index (χ2v) is 6.65. The van der Waals surface area contributed by atoms with Crippen LogP contribution in [0.5, 0.6) is 0 Å². The smallest absolute Gasteiger partial charge is 0.329 e. The van der Waals surface area contributed by atoms with Crippen LogP contribution in [0.25, 0.3) is 11.0 Å². The van der Waals surface area contributed by atoms with E-state index in [2.05, 4.69) is 0 Å². The second kappa shape index (κ2) is 7.78. The largest absolute Gasteiger partial charge is 0.339 e. The number of aryl methyl sites for hydroxylation is 2. The predicted octanol–water partition coefficient (Wildman–Crippen LogP) is 3.57. The first-order valence-electron chi connectivity index (χ1n) is 9.13. The highest BCUT2D eigenvalue weighted by Gasteiger charge is 2.19. The van der Waals surface area contributed by atoms with Crippen LogP contribution in [-0.4, -0.2) is 27.0 Å². The topological polar surface area (TPSA) is 47.2 Å². The minimum atomic E-state index is -0.299. The van der Waals surface area contributed by atoms with E-state index >= 15 is 0 Å². The summed E-state index contributed by atoms with van der Waals surface area (Å²) in [7, 11) is 1.73. The van der Waals surface area contributed by atoms with Crippen LogP contribution < -0.4 is 5.69 Å².